The number of hydrogen-bond acceptors (Lipinski definition) is 7. The Labute approximate surface area is 122 Å². The Morgan fingerprint density at radius 2 is 2.43 bits per heavy atom. The third kappa shape index (κ3) is 6.82. The lowest BCUT2D eigenvalue weighted by molar-refractivity contribution is -0.385. The van der Waals surface area contributed by atoms with Crippen molar-refractivity contribution in [1.82, 2.24) is 15.1 Å². The molecule has 118 valence electrons. The summed E-state index contributed by atoms with van der Waals surface area (Å²) in [5.41, 5.74) is -0.107. The van der Waals surface area contributed by atoms with E-state index in [2.05, 4.69) is 10.4 Å². The normalized spacial score (nSPS) is 12.1. The van der Waals surface area contributed by atoms with Gasteiger partial charge in [-0.2, -0.15) is 5.10 Å². The van der Waals surface area contributed by atoms with Gasteiger partial charge in [-0.1, -0.05) is 0 Å². The Kier molecular flexibility index (Phi) is 7.33. The minimum absolute atomic E-state index is 0.107. The average Bonchev–Trinajstić information content (AvgIpc) is 2.87. The van der Waals surface area contributed by atoms with Crippen molar-refractivity contribution in [1.29, 1.82) is 0 Å². The van der Waals surface area contributed by atoms with E-state index in [0.717, 1.165) is 6.20 Å². The fraction of sp³-hybridized carbons (Fsp3) is 0.667. The molecule has 0 saturated carbocycles. The number of nitro groups is 1. The molecule has 0 radical (unpaired) electrons. The van der Waals surface area contributed by atoms with Crippen LogP contribution in [0.2, 0.25) is 0 Å². The van der Waals surface area contributed by atoms with E-state index >= 15 is 0 Å². The minimum atomic E-state index is -0.716. The van der Waals surface area contributed by atoms with Crippen molar-refractivity contribution < 1.29 is 19.6 Å². The summed E-state index contributed by atoms with van der Waals surface area (Å²) in [5, 5.41) is 27.0. The van der Waals surface area contributed by atoms with E-state index in [1.165, 1.54) is 10.9 Å². The second kappa shape index (κ2) is 9.03. The molecule has 1 atom stereocenters. The molecule has 0 aliphatic rings. The molecular weight excluding hydrogens is 280 g/mol. The van der Waals surface area contributed by atoms with Crippen molar-refractivity contribution >= 4 is 11.7 Å². The number of nitrogens with one attached hydrogen (secondary N) is 1. The van der Waals surface area contributed by atoms with Crippen LogP contribution in [0, 0.1) is 10.1 Å². The van der Waals surface area contributed by atoms with Gasteiger partial charge in [0.05, 0.1) is 24.2 Å². The first-order valence-corrected chi connectivity index (χ1v) is 6.74. The number of hydrogen-bond donors (Lipinski definition) is 2. The maximum atomic E-state index is 11.1. The number of rotatable bonds is 10. The molecular formula is C12H20N4O5. The second-order valence-corrected chi connectivity index (χ2v) is 4.44. The molecule has 1 rings (SSSR count). The molecule has 0 aliphatic carbocycles. The topological polar surface area (TPSA) is 120 Å². The van der Waals surface area contributed by atoms with Crippen molar-refractivity contribution in [2.45, 2.75) is 32.4 Å². The van der Waals surface area contributed by atoms with Crippen LogP contribution >= 0.6 is 0 Å². The van der Waals surface area contributed by atoms with Gasteiger partial charge in [-0.25, -0.2) is 0 Å². The highest BCUT2D eigenvalue weighted by atomic mass is 16.6. The summed E-state index contributed by atoms with van der Waals surface area (Å²) in [6.07, 6.45) is 2.65. The fourth-order valence-corrected chi connectivity index (χ4v) is 1.69. The SMILES string of the molecule is CCOC(=O)CCCNCC(O)Cn1cc([N+](=O)[O-])cn1. The predicted molar refractivity (Wildman–Crippen MR) is 73.6 cm³/mol. The Hall–Kier alpha value is -2.00. The Bertz CT molecular complexity index is 462. The number of nitrogens with zero attached hydrogens (tertiary/aromatic N) is 3. The molecule has 0 aromatic carbocycles. The first-order valence-electron chi connectivity index (χ1n) is 6.74. The first kappa shape index (κ1) is 17.1. The van der Waals surface area contributed by atoms with Crippen LogP contribution in [0.25, 0.3) is 0 Å². The van der Waals surface area contributed by atoms with E-state index < -0.39 is 11.0 Å². The van der Waals surface area contributed by atoms with Crippen LogP contribution in [0.4, 0.5) is 5.69 Å². The molecule has 9 heteroatoms. The van der Waals surface area contributed by atoms with E-state index in [1.54, 1.807) is 6.92 Å². The number of carbonyl (C=O) groups is 1. The number of aliphatic hydroxyl groups excluding tert-OH is 1. The van der Waals surface area contributed by atoms with Gasteiger partial charge in [0, 0.05) is 13.0 Å². The van der Waals surface area contributed by atoms with Crippen LogP contribution in [0.3, 0.4) is 0 Å². The highest BCUT2D eigenvalue weighted by Gasteiger charge is 2.11. The lowest BCUT2D eigenvalue weighted by atomic mass is 10.3. The van der Waals surface area contributed by atoms with Gasteiger partial charge in [-0.05, 0) is 19.9 Å². The van der Waals surface area contributed by atoms with Gasteiger partial charge in [0.15, 0.2) is 0 Å². The van der Waals surface area contributed by atoms with Gasteiger partial charge < -0.3 is 15.2 Å². The fourth-order valence-electron chi connectivity index (χ4n) is 1.69. The summed E-state index contributed by atoms with van der Waals surface area (Å²) in [4.78, 5) is 21.0. The summed E-state index contributed by atoms with van der Waals surface area (Å²) in [6, 6.07) is 0. The number of aliphatic hydroxyl groups is 1. The minimum Gasteiger partial charge on any atom is -0.466 e. The van der Waals surface area contributed by atoms with E-state index in [0.29, 0.717) is 32.5 Å². The zero-order valence-electron chi connectivity index (χ0n) is 11.9. The maximum absolute atomic E-state index is 11.1. The highest BCUT2D eigenvalue weighted by molar-refractivity contribution is 5.69. The van der Waals surface area contributed by atoms with Crippen LogP contribution in [0.1, 0.15) is 19.8 Å². The van der Waals surface area contributed by atoms with Crippen molar-refractivity contribution in [3.8, 4) is 0 Å². The lowest BCUT2D eigenvalue weighted by Crippen LogP contribution is -2.31. The summed E-state index contributed by atoms with van der Waals surface area (Å²) < 4.78 is 6.11. The molecule has 0 amide bonds. The number of aromatic nitrogens is 2. The second-order valence-electron chi connectivity index (χ2n) is 4.44. The molecule has 9 nitrogen and oxygen atoms in total. The van der Waals surface area contributed by atoms with Gasteiger partial charge in [0.2, 0.25) is 0 Å². The number of esters is 1. The summed E-state index contributed by atoms with van der Waals surface area (Å²) in [7, 11) is 0. The monoisotopic (exact) mass is 300 g/mol. The quantitative estimate of drug-likeness (QED) is 0.272. The predicted octanol–water partition coefficient (Wildman–Crippen LogP) is 0.0851. The molecule has 1 aromatic rings. The molecule has 0 fully saturated rings. The summed E-state index contributed by atoms with van der Waals surface area (Å²) in [6.45, 7) is 3.19. The molecule has 0 bridgehead atoms. The van der Waals surface area contributed by atoms with Gasteiger partial charge in [-0.3, -0.25) is 19.6 Å². The van der Waals surface area contributed by atoms with E-state index in [-0.39, 0.29) is 18.2 Å². The van der Waals surface area contributed by atoms with Crippen LogP contribution in [0.5, 0.6) is 0 Å². The van der Waals surface area contributed by atoms with Crippen LogP contribution in [-0.4, -0.2) is 51.6 Å². The summed E-state index contributed by atoms with van der Waals surface area (Å²) in [5.74, 6) is -0.233. The average molecular weight is 300 g/mol. The van der Waals surface area contributed by atoms with Gasteiger partial charge in [0.25, 0.3) is 0 Å². The third-order valence-electron chi connectivity index (χ3n) is 2.65. The van der Waals surface area contributed by atoms with Gasteiger partial charge in [0.1, 0.15) is 12.4 Å². The zero-order valence-corrected chi connectivity index (χ0v) is 11.9. The molecule has 1 unspecified atom stereocenters. The maximum Gasteiger partial charge on any atom is 0.306 e. The van der Waals surface area contributed by atoms with Crippen molar-refractivity contribution in [2.75, 3.05) is 19.7 Å². The standard InChI is InChI=1S/C12H20N4O5/c1-2-21-12(18)4-3-5-13-7-11(17)9-15-8-10(6-14-15)16(19)20/h6,8,11,13,17H,2-5,7,9H2,1H3. The number of ether oxygens (including phenoxy) is 1. The van der Waals surface area contributed by atoms with Crippen LogP contribution < -0.4 is 5.32 Å². The van der Waals surface area contributed by atoms with Crippen LogP contribution in [-0.2, 0) is 16.1 Å². The van der Waals surface area contributed by atoms with Crippen molar-refractivity contribution in [2.24, 2.45) is 0 Å². The largest absolute Gasteiger partial charge is 0.466 e. The van der Waals surface area contributed by atoms with E-state index in [1.807, 2.05) is 0 Å². The molecule has 1 aromatic heterocycles. The van der Waals surface area contributed by atoms with Gasteiger partial charge in [-0.15, -0.1) is 0 Å². The summed E-state index contributed by atoms with van der Waals surface area (Å²) >= 11 is 0. The molecule has 21 heavy (non-hydrogen) atoms. The smallest absolute Gasteiger partial charge is 0.306 e. The Balaban J connectivity index is 2.14. The lowest BCUT2D eigenvalue weighted by Gasteiger charge is -2.11. The van der Waals surface area contributed by atoms with Crippen molar-refractivity contribution in [3.05, 3.63) is 22.5 Å². The highest BCUT2D eigenvalue weighted by Crippen LogP contribution is 2.07. The zero-order chi connectivity index (χ0) is 15.7. The molecule has 2 N–H and O–H groups in total. The third-order valence-corrected chi connectivity index (χ3v) is 2.65. The molecule has 0 saturated heterocycles. The molecule has 0 aliphatic heterocycles. The number of carbonyl (C=O) groups excluding carboxylic acids is 1. The first-order chi connectivity index (χ1) is 10.0. The van der Waals surface area contributed by atoms with Gasteiger partial charge >= 0.3 is 11.7 Å². The van der Waals surface area contributed by atoms with Crippen LogP contribution in [0.15, 0.2) is 12.4 Å². The Morgan fingerprint density at radius 3 is 3.05 bits per heavy atom. The van der Waals surface area contributed by atoms with E-state index in [9.17, 15) is 20.0 Å². The van der Waals surface area contributed by atoms with Crippen molar-refractivity contribution in [3.63, 3.8) is 0 Å². The van der Waals surface area contributed by atoms with E-state index in [4.69, 9.17) is 4.74 Å². The molecule has 1 heterocycles. The molecule has 0 spiro atoms. The Morgan fingerprint density at radius 1 is 1.67 bits per heavy atom.